The minimum atomic E-state index is -0.139. The molecular weight excluding hydrogens is 334 g/mol. The first-order valence-corrected chi connectivity index (χ1v) is 9.15. The summed E-state index contributed by atoms with van der Waals surface area (Å²) >= 11 is 0. The highest BCUT2D eigenvalue weighted by Crippen LogP contribution is 2.23. The number of hydrogen-bond acceptors (Lipinski definition) is 2. The minimum absolute atomic E-state index is 0.0849. The second-order valence-electron chi connectivity index (χ2n) is 6.78. The molecule has 0 saturated carbocycles. The Morgan fingerprint density at radius 3 is 2.44 bits per heavy atom. The summed E-state index contributed by atoms with van der Waals surface area (Å²) in [6.45, 7) is 6.45. The lowest BCUT2D eigenvalue weighted by molar-refractivity contribution is 0.188. The first-order chi connectivity index (χ1) is 13.0. The lowest BCUT2D eigenvalue weighted by Crippen LogP contribution is -2.37. The number of aromatic nitrogens is 1. The van der Waals surface area contributed by atoms with Gasteiger partial charge >= 0.3 is 6.03 Å². The van der Waals surface area contributed by atoms with Crippen LogP contribution in [-0.2, 0) is 6.54 Å². The summed E-state index contributed by atoms with van der Waals surface area (Å²) in [6.07, 6.45) is 0. The van der Waals surface area contributed by atoms with Crippen molar-refractivity contribution in [1.29, 1.82) is 0 Å². The van der Waals surface area contributed by atoms with E-state index in [2.05, 4.69) is 10.3 Å². The predicted octanol–water partition coefficient (Wildman–Crippen LogP) is 5.49. The molecule has 0 saturated heterocycles. The predicted molar refractivity (Wildman–Crippen MR) is 110 cm³/mol. The van der Waals surface area contributed by atoms with Crippen molar-refractivity contribution in [3.8, 4) is 0 Å². The lowest BCUT2D eigenvalue weighted by atomic mass is 10.1. The molecule has 0 fully saturated rings. The van der Waals surface area contributed by atoms with Crippen molar-refractivity contribution < 1.29 is 4.79 Å². The zero-order valence-corrected chi connectivity index (χ0v) is 16.0. The summed E-state index contributed by atoms with van der Waals surface area (Å²) in [6, 6.07) is 23.5. The minimum Gasteiger partial charge on any atom is -0.312 e. The van der Waals surface area contributed by atoms with E-state index in [1.54, 1.807) is 0 Å². The maximum Gasteiger partial charge on any atom is 0.322 e. The molecule has 1 unspecified atom stereocenters. The van der Waals surface area contributed by atoms with Crippen LogP contribution in [0.3, 0.4) is 0 Å². The molecule has 0 aliphatic heterocycles. The number of anilines is 1. The van der Waals surface area contributed by atoms with Gasteiger partial charge in [0.05, 0.1) is 18.3 Å². The van der Waals surface area contributed by atoms with Gasteiger partial charge < -0.3 is 10.2 Å². The van der Waals surface area contributed by atoms with Gasteiger partial charge in [-0.1, -0.05) is 48.5 Å². The van der Waals surface area contributed by atoms with E-state index in [9.17, 15) is 4.79 Å². The van der Waals surface area contributed by atoms with Crippen LogP contribution in [0, 0.1) is 13.8 Å². The molecule has 138 valence electrons. The summed E-state index contributed by atoms with van der Waals surface area (Å²) < 4.78 is 0. The summed E-state index contributed by atoms with van der Waals surface area (Å²) in [7, 11) is 0. The zero-order valence-electron chi connectivity index (χ0n) is 16.0. The number of aryl methyl sites for hydroxylation is 2. The Morgan fingerprint density at radius 2 is 1.74 bits per heavy atom. The fourth-order valence-electron chi connectivity index (χ4n) is 3.08. The van der Waals surface area contributed by atoms with E-state index in [0.717, 1.165) is 28.2 Å². The van der Waals surface area contributed by atoms with Gasteiger partial charge in [-0.05, 0) is 56.2 Å². The molecule has 2 aromatic carbocycles. The van der Waals surface area contributed by atoms with Gasteiger partial charge in [-0.15, -0.1) is 0 Å². The van der Waals surface area contributed by atoms with Crippen LogP contribution in [0.4, 0.5) is 10.5 Å². The number of amides is 2. The maximum atomic E-state index is 13.1. The molecule has 0 aliphatic carbocycles. The zero-order chi connectivity index (χ0) is 19.2. The Hall–Kier alpha value is -3.14. The van der Waals surface area contributed by atoms with E-state index in [1.165, 1.54) is 0 Å². The fourth-order valence-corrected chi connectivity index (χ4v) is 3.08. The number of benzene rings is 2. The second kappa shape index (κ2) is 8.49. The van der Waals surface area contributed by atoms with Gasteiger partial charge in [0.2, 0.25) is 0 Å². The molecule has 0 aliphatic rings. The van der Waals surface area contributed by atoms with Crippen molar-refractivity contribution in [3.05, 3.63) is 95.3 Å². The molecule has 0 radical (unpaired) electrons. The third kappa shape index (κ3) is 4.94. The van der Waals surface area contributed by atoms with Crippen molar-refractivity contribution in [2.24, 2.45) is 0 Å². The maximum absolute atomic E-state index is 13.1. The highest BCUT2D eigenvalue weighted by molar-refractivity contribution is 5.89. The second-order valence-corrected chi connectivity index (χ2v) is 6.78. The lowest BCUT2D eigenvalue weighted by Gasteiger charge is -2.29. The Morgan fingerprint density at radius 1 is 1.00 bits per heavy atom. The van der Waals surface area contributed by atoms with Crippen molar-refractivity contribution in [3.63, 3.8) is 0 Å². The van der Waals surface area contributed by atoms with Crippen LogP contribution in [0.2, 0.25) is 0 Å². The molecule has 3 rings (SSSR count). The highest BCUT2D eigenvalue weighted by atomic mass is 16.2. The average molecular weight is 359 g/mol. The number of urea groups is 1. The molecule has 4 heteroatoms. The van der Waals surface area contributed by atoms with Crippen LogP contribution in [0.5, 0.6) is 0 Å². The molecule has 0 bridgehead atoms. The highest BCUT2D eigenvalue weighted by Gasteiger charge is 2.22. The van der Waals surface area contributed by atoms with Crippen LogP contribution in [-0.4, -0.2) is 15.9 Å². The van der Waals surface area contributed by atoms with Gasteiger partial charge in [-0.25, -0.2) is 4.79 Å². The van der Waals surface area contributed by atoms with E-state index in [4.69, 9.17) is 0 Å². The molecule has 3 aromatic rings. The van der Waals surface area contributed by atoms with E-state index in [-0.39, 0.29) is 12.1 Å². The standard InChI is InChI=1S/C23H25N3O/c1-17-9-7-13-21(15-17)25-23(27)26(16-22-14-8-10-18(2)24-22)19(3)20-11-5-4-6-12-20/h4-15,19H,16H2,1-3H3,(H,25,27). The van der Waals surface area contributed by atoms with Gasteiger partial charge in [0.25, 0.3) is 0 Å². The monoisotopic (exact) mass is 359 g/mol. The first-order valence-electron chi connectivity index (χ1n) is 9.15. The smallest absolute Gasteiger partial charge is 0.312 e. The molecule has 4 nitrogen and oxygen atoms in total. The summed E-state index contributed by atoms with van der Waals surface area (Å²) in [5.74, 6) is 0. The Balaban J connectivity index is 1.87. The molecule has 1 heterocycles. The SMILES string of the molecule is Cc1cccc(NC(=O)N(Cc2cccc(C)n2)C(C)c2ccccc2)c1. The Bertz CT molecular complexity index is 908. The number of nitrogens with zero attached hydrogens (tertiary/aromatic N) is 2. The average Bonchev–Trinajstić information content (AvgIpc) is 2.66. The molecule has 2 amide bonds. The summed E-state index contributed by atoms with van der Waals surface area (Å²) in [5.41, 5.74) is 4.80. The van der Waals surface area contributed by atoms with Gasteiger partial charge in [0, 0.05) is 11.4 Å². The number of hydrogen-bond donors (Lipinski definition) is 1. The van der Waals surface area contributed by atoms with Gasteiger partial charge in [-0.3, -0.25) is 4.98 Å². The van der Waals surface area contributed by atoms with E-state index in [0.29, 0.717) is 6.54 Å². The summed E-state index contributed by atoms with van der Waals surface area (Å²) in [4.78, 5) is 19.5. The van der Waals surface area contributed by atoms with Crippen molar-refractivity contribution >= 4 is 11.7 Å². The van der Waals surface area contributed by atoms with E-state index < -0.39 is 0 Å². The van der Waals surface area contributed by atoms with Crippen LogP contribution in [0.15, 0.2) is 72.8 Å². The number of nitrogens with one attached hydrogen (secondary N) is 1. The van der Waals surface area contributed by atoms with Gasteiger partial charge in [0.1, 0.15) is 0 Å². The Labute approximate surface area is 160 Å². The van der Waals surface area contributed by atoms with Crippen molar-refractivity contribution in [2.45, 2.75) is 33.4 Å². The number of pyridine rings is 1. The molecule has 1 atom stereocenters. The number of carbonyl (C=O) groups is 1. The van der Waals surface area contributed by atoms with Crippen molar-refractivity contribution in [2.75, 3.05) is 5.32 Å². The fraction of sp³-hybridized carbons (Fsp3) is 0.217. The van der Waals surface area contributed by atoms with Crippen LogP contribution >= 0.6 is 0 Å². The topological polar surface area (TPSA) is 45.2 Å². The van der Waals surface area contributed by atoms with E-state index >= 15 is 0 Å². The molecule has 1 N–H and O–H groups in total. The number of rotatable bonds is 5. The summed E-state index contributed by atoms with van der Waals surface area (Å²) in [5, 5.41) is 3.03. The molecule has 0 spiro atoms. The Kier molecular flexibility index (Phi) is 5.87. The number of carbonyl (C=O) groups excluding carboxylic acids is 1. The van der Waals surface area contributed by atoms with Crippen LogP contribution in [0.25, 0.3) is 0 Å². The van der Waals surface area contributed by atoms with Gasteiger partial charge in [0.15, 0.2) is 0 Å². The van der Waals surface area contributed by atoms with Crippen molar-refractivity contribution in [1.82, 2.24) is 9.88 Å². The first kappa shape index (κ1) is 18.6. The van der Waals surface area contributed by atoms with Crippen LogP contribution in [0.1, 0.15) is 35.5 Å². The van der Waals surface area contributed by atoms with E-state index in [1.807, 2.05) is 98.5 Å². The molecular formula is C23H25N3O. The van der Waals surface area contributed by atoms with Crippen LogP contribution < -0.4 is 5.32 Å². The van der Waals surface area contributed by atoms with Gasteiger partial charge in [-0.2, -0.15) is 0 Å². The quantitative estimate of drug-likeness (QED) is 0.654. The third-order valence-corrected chi connectivity index (χ3v) is 4.56. The normalized spacial score (nSPS) is 11.7. The molecule has 27 heavy (non-hydrogen) atoms. The molecule has 1 aromatic heterocycles. The largest absolute Gasteiger partial charge is 0.322 e. The third-order valence-electron chi connectivity index (χ3n) is 4.56.